The third-order valence-electron chi connectivity index (χ3n) is 3.87. The number of rotatable bonds is 7. The van der Waals surface area contributed by atoms with Gasteiger partial charge in [0.2, 0.25) is 0 Å². The quantitative estimate of drug-likeness (QED) is 0.785. The predicted octanol–water partition coefficient (Wildman–Crippen LogP) is 2.49. The average Bonchev–Trinajstić information content (AvgIpc) is 2.52. The first-order chi connectivity index (χ1) is 10.2. The molecule has 0 bridgehead atoms. The summed E-state index contributed by atoms with van der Waals surface area (Å²) in [5, 5.41) is 2.83. The lowest BCUT2D eigenvalue weighted by Gasteiger charge is -2.20. The molecule has 1 N–H and O–H groups in total. The molecule has 0 fully saturated rings. The molecule has 2 rings (SSSR count). The third-order valence-corrected chi connectivity index (χ3v) is 3.87. The number of methoxy groups -OCH3 is 1. The molecule has 1 aliphatic rings. The molecule has 0 spiro atoms. The van der Waals surface area contributed by atoms with E-state index in [9.17, 15) is 4.79 Å². The van der Waals surface area contributed by atoms with Crippen molar-refractivity contribution >= 4 is 5.91 Å². The minimum Gasteiger partial charge on any atom is -0.481 e. The second kappa shape index (κ2) is 8.03. The van der Waals surface area contributed by atoms with Crippen molar-refractivity contribution in [1.82, 2.24) is 5.32 Å². The molecule has 1 atom stereocenters. The molecule has 1 unspecified atom stereocenters. The minimum atomic E-state index is -0.441. The fraction of sp³-hybridized carbons (Fsp3) is 0.588. The van der Waals surface area contributed by atoms with Crippen LogP contribution in [0.15, 0.2) is 18.2 Å². The summed E-state index contributed by atoms with van der Waals surface area (Å²) in [6.07, 6.45) is 4.99. The molecule has 21 heavy (non-hydrogen) atoms. The van der Waals surface area contributed by atoms with Gasteiger partial charge in [0, 0.05) is 13.7 Å². The van der Waals surface area contributed by atoms with E-state index < -0.39 is 6.10 Å². The number of nitrogens with one attached hydrogen (secondary N) is 1. The summed E-state index contributed by atoms with van der Waals surface area (Å²) in [4.78, 5) is 12.1. The van der Waals surface area contributed by atoms with Gasteiger partial charge in [-0.1, -0.05) is 13.0 Å². The van der Waals surface area contributed by atoms with Crippen LogP contribution >= 0.6 is 0 Å². The van der Waals surface area contributed by atoms with Crippen LogP contribution in [0.2, 0.25) is 0 Å². The molecule has 1 aromatic rings. The van der Waals surface area contributed by atoms with Gasteiger partial charge in [-0.15, -0.1) is 0 Å². The molecule has 116 valence electrons. The van der Waals surface area contributed by atoms with Gasteiger partial charge >= 0.3 is 0 Å². The van der Waals surface area contributed by atoms with E-state index in [1.54, 1.807) is 7.11 Å². The van der Waals surface area contributed by atoms with Gasteiger partial charge in [0.15, 0.2) is 6.10 Å². The Morgan fingerprint density at radius 1 is 1.29 bits per heavy atom. The van der Waals surface area contributed by atoms with Gasteiger partial charge in [-0.2, -0.15) is 0 Å². The summed E-state index contributed by atoms with van der Waals surface area (Å²) >= 11 is 0. The lowest BCUT2D eigenvalue weighted by molar-refractivity contribution is -0.128. The summed E-state index contributed by atoms with van der Waals surface area (Å²) in [6.45, 7) is 2.99. The Hall–Kier alpha value is -1.55. The smallest absolute Gasteiger partial charge is 0.261 e. The number of carbonyl (C=O) groups excluding carboxylic acids is 1. The Kier molecular flexibility index (Phi) is 6.05. The minimum absolute atomic E-state index is 0.0766. The molecule has 0 saturated carbocycles. The number of benzene rings is 1. The van der Waals surface area contributed by atoms with Gasteiger partial charge in [-0.05, 0) is 55.4 Å². The topological polar surface area (TPSA) is 47.6 Å². The Balaban J connectivity index is 1.96. The van der Waals surface area contributed by atoms with Crippen LogP contribution in [0, 0.1) is 0 Å². The number of carbonyl (C=O) groups is 1. The molecule has 0 saturated heterocycles. The van der Waals surface area contributed by atoms with Crippen molar-refractivity contribution in [3.63, 3.8) is 0 Å². The molecule has 4 nitrogen and oxygen atoms in total. The third kappa shape index (κ3) is 4.46. The zero-order valence-electron chi connectivity index (χ0n) is 13.0. The first-order valence-corrected chi connectivity index (χ1v) is 7.79. The van der Waals surface area contributed by atoms with Gasteiger partial charge in [0.1, 0.15) is 5.75 Å². The van der Waals surface area contributed by atoms with E-state index in [2.05, 4.69) is 17.4 Å². The van der Waals surface area contributed by atoms with E-state index in [-0.39, 0.29) is 5.91 Å². The van der Waals surface area contributed by atoms with Gasteiger partial charge in [-0.25, -0.2) is 0 Å². The van der Waals surface area contributed by atoms with E-state index in [0.717, 1.165) is 18.6 Å². The summed E-state index contributed by atoms with van der Waals surface area (Å²) in [7, 11) is 1.62. The summed E-state index contributed by atoms with van der Waals surface area (Å²) < 4.78 is 10.8. The summed E-state index contributed by atoms with van der Waals surface area (Å²) in [6, 6.07) is 6.22. The SMILES string of the molecule is CCC(Oc1ccc2c(c1)CCCC2)C(=O)NCCOC. The van der Waals surface area contributed by atoms with Gasteiger partial charge < -0.3 is 14.8 Å². The van der Waals surface area contributed by atoms with E-state index >= 15 is 0 Å². The maximum absolute atomic E-state index is 12.1. The van der Waals surface area contributed by atoms with Crippen LogP contribution in [0.3, 0.4) is 0 Å². The zero-order valence-corrected chi connectivity index (χ0v) is 13.0. The number of amides is 1. The van der Waals surface area contributed by atoms with Crippen molar-refractivity contribution < 1.29 is 14.3 Å². The first kappa shape index (κ1) is 15.8. The fourth-order valence-electron chi connectivity index (χ4n) is 2.66. The highest BCUT2D eigenvalue weighted by Crippen LogP contribution is 2.26. The molecule has 0 aliphatic heterocycles. The fourth-order valence-corrected chi connectivity index (χ4v) is 2.66. The largest absolute Gasteiger partial charge is 0.481 e. The lowest BCUT2D eigenvalue weighted by atomic mass is 9.92. The van der Waals surface area contributed by atoms with Crippen LogP contribution in [0.1, 0.15) is 37.3 Å². The normalized spacial score (nSPS) is 15.1. The van der Waals surface area contributed by atoms with E-state index in [0.29, 0.717) is 19.6 Å². The predicted molar refractivity (Wildman–Crippen MR) is 82.7 cm³/mol. The van der Waals surface area contributed by atoms with Crippen LogP contribution in [0.5, 0.6) is 5.75 Å². The number of hydrogen-bond donors (Lipinski definition) is 1. The van der Waals surface area contributed by atoms with E-state index in [4.69, 9.17) is 9.47 Å². The molecular formula is C17H25NO3. The summed E-state index contributed by atoms with van der Waals surface area (Å²) in [5.41, 5.74) is 2.79. The average molecular weight is 291 g/mol. The molecule has 4 heteroatoms. The Morgan fingerprint density at radius 2 is 2.05 bits per heavy atom. The van der Waals surface area contributed by atoms with E-state index in [1.807, 2.05) is 13.0 Å². The highest BCUT2D eigenvalue weighted by Gasteiger charge is 2.18. The molecular weight excluding hydrogens is 266 g/mol. The number of aryl methyl sites for hydroxylation is 2. The van der Waals surface area contributed by atoms with E-state index in [1.165, 1.54) is 24.0 Å². The van der Waals surface area contributed by atoms with Crippen molar-refractivity contribution in [3.8, 4) is 5.75 Å². The second-order valence-corrected chi connectivity index (χ2v) is 5.44. The maximum atomic E-state index is 12.1. The van der Waals surface area contributed by atoms with Crippen LogP contribution in [0.4, 0.5) is 0 Å². The van der Waals surface area contributed by atoms with Crippen molar-refractivity contribution in [1.29, 1.82) is 0 Å². The highest BCUT2D eigenvalue weighted by molar-refractivity contribution is 5.81. The molecule has 1 aromatic carbocycles. The van der Waals surface area contributed by atoms with Gasteiger partial charge in [0.25, 0.3) is 5.91 Å². The van der Waals surface area contributed by atoms with Crippen molar-refractivity contribution in [3.05, 3.63) is 29.3 Å². The monoisotopic (exact) mass is 291 g/mol. The molecule has 0 aromatic heterocycles. The van der Waals surface area contributed by atoms with Crippen LogP contribution in [-0.2, 0) is 22.4 Å². The molecule has 0 heterocycles. The van der Waals surface area contributed by atoms with Crippen molar-refractivity contribution in [2.45, 2.75) is 45.1 Å². The van der Waals surface area contributed by atoms with Crippen LogP contribution in [-0.4, -0.2) is 32.3 Å². The van der Waals surface area contributed by atoms with Crippen LogP contribution < -0.4 is 10.1 Å². The standard InChI is InChI=1S/C17H25NO3/c1-3-16(17(19)18-10-11-20-2)21-15-9-8-13-6-4-5-7-14(13)12-15/h8-9,12,16H,3-7,10-11H2,1-2H3,(H,18,19). The lowest BCUT2D eigenvalue weighted by Crippen LogP contribution is -2.39. The van der Waals surface area contributed by atoms with Crippen molar-refractivity contribution in [2.24, 2.45) is 0 Å². The number of fused-ring (bicyclic) bond motifs is 1. The van der Waals surface area contributed by atoms with Crippen molar-refractivity contribution in [2.75, 3.05) is 20.3 Å². The molecule has 1 amide bonds. The molecule has 0 radical (unpaired) electrons. The summed E-state index contributed by atoms with van der Waals surface area (Å²) in [5.74, 6) is 0.719. The highest BCUT2D eigenvalue weighted by atomic mass is 16.5. The zero-order chi connectivity index (χ0) is 15.1. The number of ether oxygens (including phenoxy) is 2. The molecule has 1 aliphatic carbocycles. The first-order valence-electron chi connectivity index (χ1n) is 7.79. The Bertz CT molecular complexity index is 473. The Morgan fingerprint density at radius 3 is 2.76 bits per heavy atom. The van der Waals surface area contributed by atoms with Gasteiger partial charge in [-0.3, -0.25) is 4.79 Å². The number of hydrogen-bond acceptors (Lipinski definition) is 3. The van der Waals surface area contributed by atoms with Crippen LogP contribution in [0.25, 0.3) is 0 Å². The van der Waals surface area contributed by atoms with Gasteiger partial charge in [0.05, 0.1) is 6.61 Å². The second-order valence-electron chi connectivity index (χ2n) is 5.44. The maximum Gasteiger partial charge on any atom is 0.261 e. The Labute approximate surface area is 126 Å².